The Bertz CT molecular complexity index is 1050. The Morgan fingerprint density at radius 2 is 1.75 bits per heavy atom. The molecule has 1 heterocycles. The lowest BCUT2D eigenvalue weighted by Gasteiger charge is -2.18. The van der Waals surface area contributed by atoms with Gasteiger partial charge in [0.15, 0.2) is 0 Å². The summed E-state index contributed by atoms with van der Waals surface area (Å²) in [5.41, 5.74) is 3.06. The van der Waals surface area contributed by atoms with Crippen LogP contribution in [0.15, 0.2) is 47.4 Å². The third-order valence-electron chi connectivity index (χ3n) is 4.42. The van der Waals surface area contributed by atoms with Crippen molar-refractivity contribution in [3.8, 4) is 11.5 Å². The Kier molecular flexibility index (Phi) is 5.63. The van der Waals surface area contributed by atoms with Gasteiger partial charge in [0.25, 0.3) is 0 Å². The number of hydrogen-bond donors (Lipinski definition) is 1. The number of aromatic nitrogens is 2. The minimum Gasteiger partial charge on any atom is -0.496 e. The minimum atomic E-state index is -0.474. The van der Waals surface area contributed by atoms with Crippen LogP contribution in [0.1, 0.15) is 16.7 Å². The molecule has 0 aliphatic carbocycles. The van der Waals surface area contributed by atoms with Gasteiger partial charge in [-0.1, -0.05) is 12.1 Å². The van der Waals surface area contributed by atoms with Gasteiger partial charge < -0.3 is 19.4 Å². The highest BCUT2D eigenvalue weighted by Gasteiger charge is 2.13. The van der Waals surface area contributed by atoms with E-state index in [4.69, 9.17) is 9.47 Å². The van der Waals surface area contributed by atoms with E-state index in [9.17, 15) is 9.18 Å². The molecule has 1 N–H and O–H groups in total. The van der Waals surface area contributed by atoms with E-state index in [1.807, 2.05) is 26.0 Å². The zero-order valence-electron chi connectivity index (χ0n) is 16.2. The fraction of sp³-hybridized carbons (Fsp3) is 0.238. The second kappa shape index (κ2) is 8.12. The number of benzene rings is 2. The molecule has 1 aromatic heterocycles. The summed E-state index contributed by atoms with van der Waals surface area (Å²) in [6, 6.07) is 10.1. The lowest BCUT2D eigenvalue weighted by molar-refractivity contribution is 0.402. The maximum Gasteiger partial charge on any atom is 0.316 e. The van der Waals surface area contributed by atoms with E-state index in [0.29, 0.717) is 12.5 Å². The van der Waals surface area contributed by atoms with E-state index in [1.165, 1.54) is 19.2 Å². The number of methoxy groups -OCH3 is 2. The molecule has 0 aliphatic heterocycles. The van der Waals surface area contributed by atoms with E-state index in [-0.39, 0.29) is 11.6 Å². The van der Waals surface area contributed by atoms with Crippen molar-refractivity contribution in [2.75, 3.05) is 19.5 Å². The summed E-state index contributed by atoms with van der Waals surface area (Å²) in [5.74, 6) is 0.917. The largest absolute Gasteiger partial charge is 0.496 e. The Morgan fingerprint density at radius 3 is 2.39 bits per heavy atom. The number of hydrogen-bond acceptors (Lipinski definition) is 5. The number of rotatable bonds is 6. The molecule has 146 valence electrons. The molecule has 0 fully saturated rings. The fourth-order valence-corrected chi connectivity index (χ4v) is 2.91. The summed E-state index contributed by atoms with van der Waals surface area (Å²) < 4.78 is 25.5. The van der Waals surface area contributed by atoms with Gasteiger partial charge in [-0.15, -0.1) is 0 Å². The standard InChI is InChI=1S/C21H22FN3O3/c1-13-9-17(14(2)18(10-13)27-3)23-21-24-20(26)19(28-4)12-25(21)11-15-5-7-16(22)8-6-15/h5-10,12H,11H2,1-4H3,(H,23,24,26). The number of anilines is 2. The highest BCUT2D eigenvalue weighted by atomic mass is 19.1. The van der Waals surface area contributed by atoms with Gasteiger partial charge in [-0.25, -0.2) is 4.39 Å². The Morgan fingerprint density at radius 1 is 1.07 bits per heavy atom. The van der Waals surface area contributed by atoms with Crippen LogP contribution in [-0.4, -0.2) is 23.8 Å². The van der Waals surface area contributed by atoms with Crippen LogP contribution in [0.5, 0.6) is 11.5 Å². The van der Waals surface area contributed by atoms with E-state index in [1.54, 1.807) is 30.0 Å². The van der Waals surface area contributed by atoms with Crippen LogP contribution in [0.3, 0.4) is 0 Å². The quantitative estimate of drug-likeness (QED) is 0.701. The lowest BCUT2D eigenvalue weighted by Crippen LogP contribution is -2.19. The van der Waals surface area contributed by atoms with Crippen molar-refractivity contribution in [3.63, 3.8) is 0 Å². The molecule has 28 heavy (non-hydrogen) atoms. The maximum absolute atomic E-state index is 13.2. The van der Waals surface area contributed by atoms with E-state index < -0.39 is 5.56 Å². The first kappa shape index (κ1) is 19.4. The van der Waals surface area contributed by atoms with Gasteiger partial charge in [0.1, 0.15) is 11.6 Å². The topological polar surface area (TPSA) is 65.4 Å². The minimum absolute atomic E-state index is 0.131. The summed E-state index contributed by atoms with van der Waals surface area (Å²) >= 11 is 0. The summed E-state index contributed by atoms with van der Waals surface area (Å²) in [5, 5.41) is 3.22. The number of ether oxygens (including phenoxy) is 2. The molecule has 6 nitrogen and oxygen atoms in total. The zero-order chi connectivity index (χ0) is 20.3. The molecule has 0 atom stereocenters. The molecule has 2 aromatic carbocycles. The highest BCUT2D eigenvalue weighted by Crippen LogP contribution is 2.29. The van der Waals surface area contributed by atoms with Crippen LogP contribution in [0.2, 0.25) is 0 Å². The molecular formula is C21H22FN3O3. The van der Waals surface area contributed by atoms with Crippen LogP contribution in [0, 0.1) is 19.7 Å². The number of aryl methyl sites for hydroxylation is 1. The average molecular weight is 383 g/mol. The van der Waals surface area contributed by atoms with Crippen molar-refractivity contribution in [3.05, 3.63) is 75.5 Å². The van der Waals surface area contributed by atoms with Crippen molar-refractivity contribution in [2.24, 2.45) is 0 Å². The number of nitrogens with one attached hydrogen (secondary N) is 1. The summed E-state index contributed by atoms with van der Waals surface area (Å²) in [7, 11) is 3.03. The SMILES string of the molecule is COc1cc(C)cc(Nc2nc(=O)c(OC)cn2Cc2ccc(F)cc2)c1C. The van der Waals surface area contributed by atoms with Crippen molar-refractivity contribution >= 4 is 11.6 Å². The van der Waals surface area contributed by atoms with Crippen LogP contribution < -0.4 is 20.3 Å². The molecule has 0 saturated carbocycles. The van der Waals surface area contributed by atoms with E-state index in [0.717, 1.165) is 28.1 Å². The maximum atomic E-state index is 13.2. The molecule has 0 amide bonds. The molecule has 0 radical (unpaired) electrons. The Labute approximate surface area is 162 Å². The molecule has 3 aromatic rings. The van der Waals surface area contributed by atoms with Gasteiger partial charge in [-0.2, -0.15) is 4.98 Å². The monoisotopic (exact) mass is 383 g/mol. The fourth-order valence-electron chi connectivity index (χ4n) is 2.91. The van der Waals surface area contributed by atoms with E-state index >= 15 is 0 Å². The molecule has 0 aliphatic rings. The first-order valence-electron chi connectivity index (χ1n) is 8.73. The summed E-state index contributed by atoms with van der Waals surface area (Å²) in [4.78, 5) is 16.4. The first-order valence-corrected chi connectivity index (χ1v) is 8.73. The number of halogens is 1. The van der Waals surface area contributed by atoms with Crippen LogP contribution in [-0.2, 0) is 6.54 Å². The average Bonchev–Trinajstić information content (AvgIpc) is 2.68. The molecule has 0 bridgehead atoms. The molecule has 0 spiro atoms. The van der Waals surface area contributed by atoms with Gasteiger partial charge >= 0.3 is 5.56 Å². The Balaban J connectivity index is 2.05. The third kappa shape index (κ3) is 4.14. The normalized spacial score (nSPS) is 10.6. The lowest BCUT2D eigenvalue weighted by atomic mass is 10.1. The predicted octanol–water partition coefficient (Wildman–Crippen LogP) is 3.81. The van der Waals surface area contributed by atoms with Gasteiger partial charge in [-0.3, -0.25) is 4.79 Å². The summed E-state index contributed by atoms with van der Waals surface area (Å²) in [6.07, 6.45) is 1.59. The van der Waals surface area contributed by atoms with Crippen molar-refractivity contribution in [1.82, 2.24) is 9.55 Å². The molecule has 0 unspecified atom stereocenters. The first-order chi connectivity index (χ1) is 13.4. The Hall–Kier alpha value is -3.35. The highest BCUT2D eigenvalue weighted by molar-refractivity contribution is 5.64. The molecule has 3 rings (SSSR count). The van der Waals surface area contributed by atoms with Crippen molar-refractivity contribution in [1.29, 1.82) is 0 Å². The van der Waals surface area contributed by atoms with Gasteiger partial charge in [-0.05, 0) is 49.2 Å². The van der Waals surface area contributed by atoms with Crippen LogP contribution >= 0.6 is 0 Å². The predicted molar refractivity (Wildman–Crippen MR) is 106 cm³/mol. The van der Waals surface area contributed by atoms with Crippen LogP contribution in [0.25, 0.3) is 0 Å². The van der Waals surface area contributed by atoms with Gasteiger partial charge in [0.05, 0.1) is 27.0 Å². The second-order valence-electron chi connectivity index (χ2n) is 6.46. The van der Waals surface area contributed by atoms with Crippen LogP contribution in [0.4, 0.5) is 16.0 Å². The van der Waals surface area contributed by atoms with Gasteiger partial charge in [0, 0.05) is 11.3 Å². The zero-order valence-corrected chi connectivity index (χ0v) is 16.2. The van der Waals surface area contributed by atoms with Crippen molar-refractivity contribution < 1.29 is 13.9 Å². The van der Waals surface area contributed by atoms with Gasteiger partial charge in [0.2, 0.25) is 11.7 Å². The second-order valence-corrected chi connectivity index (χ2v) is 6.46. The number of nitrogens with zero attached hydrogens (tertiary/aromatic N) is 2. The molecular weight excluding hydrogens is 361 g/mol. The molecule has 0 saturated heterocycles. The molecule has 7 heteroatoms. The van der Waals surface area contributed by atoms with Crippen molar-refractivity contribution in [2.45, 2.75) is 20.4 Å². The smallest absolute Gasteiger partial charge is 0.316 e. The summed E-state index contributed by atoms with van der Waals surface area (Å²) in [6.45, 7) is 4.26. The third-order valence-corrected chi connectivity index (χ3v) is 4.42. The van der Waals surface area contributed by atoms with E-state index in [2.05, 4.69) is 10.3 Å².